The van der Waals surface area contributed by atoms with Crippen molar-refractivity contribution < 1.29 is 23.1 Å². The molecule has 2 atom stereocenters. The summed E-state index contributed by atoms with van der Waals surface area (Å²) in [4.78, 5) is 11.2. The van der Waals surface area contributed by atoms with Crippen molar-refractivity contribution in [3.8, 4) is 0 Å². The van der Waals surface area contributed by atoms with Crippen molar-refractivity contribution in [2.75, 3.05) is 19.8 Å². The first-order valence-electron chi connectivity index (χ1n) is 7.29. The molecule has 1 aliphatic heterocycles. The van der Waals surface area contributed by atoms with Gasteiger partial charge in [-0.25, -0.2) is 8.42 Å². The predicted octanol–water partition coefficient (Wildman–Crippen LogP) is 1.07. The molecule has 1 saturated carbocycles. The number of likely N-dealkylation sites (N-methyl/N-ethyl adjacent to an activating group) is 1. The Morgan fingerprint density at radius 1 is 1.25 bits per heavy atom. The van der Waals surface area contributed by atoms with E-state index >= 15 is 0 Å². The maximum atomic E-state index is 12.7. The summed E-state index contributed by atoms with van der Waals surface area (Å²) in [5.41, 5.74) is 0. The molecule has 0 aromatic heterocycles. The SMILES string of the molecule is CCN(C1COCC1C(=O)O)S(=O)(=O)C1CCCCC1. The van der Waals surface area contributed by atoms with Crippen LogP contribution in [0.4, 0.5) is 0 Å². The smallest absolute Gasteiger partial charge is 0.310 e. The second kappa shape index (κ2) is 6.41. The Bertz CT molecular complexity index is 444. The monoisotopic (exact) mass is 305 g/mol. The molecule has 6 nitrogen and oxygen atoms in total. The van der Waals surface area contributed by atoms with Gasteiger partial charge in [-0.05, 0) is 12.8 Å². The molecule has 2 fully saturated rings. The standard InChI is InChI=1S/C13H23NO5S/c1-2-14(12-9-19-8-11(12)13(15)16)20(17,18)10-6-4-3-5-7-10/h10-12H,2-9H2,1H3,(H,15,16). The number of hydrogen-bond donors (Lipinski definition) is 1. The van der Waals surface area contributed by atoms with E-state index in [0.29, 0.717) is 19.4 Å². The molecule has 20 heavy (non-hydrogen) atoms. The van der Waals surface area contributed by atoms with Gasteiger partial charge in [-0.1, -0.05) is 26.2 Å². The van der Waals surface area contributed by atoms with Gasteiger partial charge in [0.25, 0.3) is 0 Å². The number of nitrogens with zero attached hydrogens (tertiary/aromatic N) is 1. The number of aliphatic carboxylic acids is 1. The summed E-state index contributed by atoms with van der Waals surface area (Å²) in [5, 5.41) is 8.85. The Kier molecular flexibility index (Phi) is 5.04. The third-order valence-corrected chi connectivity index (χ3v) is 6.85. The number of carboxylic acids is 1. The fraction of sp³-hybridized carbons (Fsp3) is 0.923. The van der Waals surface area contributed by atoms with Crippen LogP contribution in [0.25, 0.3) is 0 Å². The molecular weight excluding hydrogens is 282 g/mol. The molecule has 1 heterocycles. The van der Waals surface area contributed by atoms with Crippen molar-refractivity contribution in [3.05, 3.63) is 0 Å². The van der Waals surface area contributed by atoms with E-state index in [9.17, 15) is 18.3 Å². The lowest BCUT2D eigenvalue weighted by Gasteiger charge is -2.33. The first-order valence-corrected chi connectivity index (χ1v) is 8.80. The lowest BCUT2D eigenvalue weighted by molar-refractivity contribution is -0.142. The number of ether oxygens (including phenoxy) is 1. The van der Waals surface area contributed by atoms with E-state index in [2.05, 4.69) is 0 Å². The third kappa shape index (κ3) is 2.99. The summed E-state index contributed by atoms with van der Waals surface area (Å²) in [6, 6.07) is -0.565. The van der Waals surface area contributed by atoms with Crippen LogP contribution in [-0.2, 0) is 19.6 Å². The summed E-state index contributed by atoms with van der Waals surface area (Å²) in [5.74, 6) is -1.74. The fourth-order valence-corrected chi connectivity index (χ4v) is 5.48. The zero-order chi connectivity index (χ0) is 14.8. The van der Waals surface area contributed by atoms with Gasteiger partial charge in [-0.15, -0.1) is 0 Å². The number of rotatable bonds is 5. The molecule has 1 N–H and O–H groups in total. The summed E-state index contributed by atoms with van der Waals surface area (Å²) in [7, 11) is -3.43. The zero-order valence-corrected chi connectivity index (χ0v) is 12.6. The minimum Gasteiger partial charge on any atom is -0.481 e. The quantitative estimate of drug-likeness (QED) is 0.821. The molecule has 0 radical (unpaired) electrons. The maximum Gasteiger partial charge on any atom is 0.310 e. The molecule has 2 rings (SSSR count). The van der Waals surface area contributed by atoms with Gasteiger partial charge in [0.05, 0.1) is 30.4 Å². The predicted molar refractivity (Wildman–Crippen MR) is 73.9 cm³/mol. The highest BCUT2D eigenvalue weighted by atomic mass is 32.2. The normalized spacial score (nSPS) is 28.9. The topological polar surface area (TPSA) is 83.9 Å². The van der Waals surface area contributed by atoms with E-state index < -0.39 is 28.0 Å². The van der Waals surface area contributed by atoms with Gasteiger partial charge in [0, 0.05) is 6.54 Å². The van der Waals surface area contributed by atoms with Crippen LogP contribution in [0.3, 0.4) is 0 Å². The zero-order valence-electron chi connectivity index (χ0n) is 11.8. The molecule has 1 saturated heterocycles. The van der Waals surface area contributed by atoms with E-state index in [1.807, 2.05) is 0 Å². The number of sulfonamides is 1. The molecule has 2 aliphatic rings. The van der Waals surface area contributed by atoms with Crippen LogP contribution >= 0.6 is 0 Å². The van der Waals surface area contributed by atoms with Gasteiger partial charge in [0.15, 0.2) is 0 Å². The average molecular weight is 305 g/mol. The molecule has 116 valence electrons. The highest BCUT2D eigenvalue weighted by molar-refractivity contribution is 7.89. The highest BCUT2D eigenvalue weighted by Gasteiger charge is 2.44. The highest BCUT2D eigenvalue weighted by Crippen LogP contribution is 2.30. The van der Waals surface area contributed by atoms with Gasteiger partial charge in [-0.3, -0.25) is 4.79 Å². The van der Waals surface area contributed by atoms with E-state index in [0.717, 1.165) is 19.3 Å². The summed E-state index contributed by atoms with van der Waals surface area (Å²) in [6.07, 6.45) is 4.33. The number of carboxylic acid groups (broad SMARTS) is 1. The first-order chi connectivity index (χ1) is 9.48. The van der Waals surface area contributed by atoms with E-state index in [1.165, 1.54) is 4.31 Å². The molecule has 7 heteroatoms. The van der Waals surface area contributed by atoms with Gasteiger partial charge in [-0.2, -0.15) is 4.31 Å². The van der Waals surface area contributed by atoms with Gasteiger partial charge in [0.1, 0.15) is 0 Å². The first kappa shape index (κ1) is 15.7. The number of hydrogen-bond acceptors (Lipinski definition) is 4. The van der Waals surface area contributed by atoms with E-state index in [-0.39, 0.29) is 18.5 Å². The lowest BCUT2D eigenvalue weighted by atomic mass is 10.0. The molecular formula is C13H23NO5S. The van der Waals surface area contributed by atoms with Crippen LogP contribution in [0, 0.1) is 5.92 Å². The molecule has 0 spiro atoms. The van der Waals surface area contributed by atoms with Crippen molar-refractivity contribution in [1.82, 2.24) is 4.31 Å². The Morgan fingerprint density at radius 2 is 1.90 bits per heavy atom. The molecule has 2 unspecified atom stereocenters. The maximum absolute atomic E-state index is 12.7. The van der Waals surface area contributed by atoms with E-state index in [4.69, 9.17) is 4.74 Å². The number of carbonyl (C=O) groups is 1. The lowest BCUT2D eigenvalue weighted by Crippen LogP contribution is -2.50. The van der Waals surface area contributed by atoms with Gasteiger partial charge in [0.2, 0.25) is 10.0 Å². The van der Waals surface area contributed by atoms with Crippen molar-refractivity contribution in [1.29, 1.82) is 0 Å². The molecule has 0 aromatic carbocycles. The van der Waals surface area contributed by atoms with Crippen LogP contribution in [0.2, 0.25) is 0 Å². The fourth-order valence-electron chi connectivity index (χ4n) is 3.22. The van der Waals surface area contributed by atoms with Crippen molar-refractivity contribution in [2.24, 2.45) is 5.92 Å². The average Bonchev–Trinajstić information content (AvgIpc) is 2.89. The van der Waals surface area contributed by atoms with Gasteiger partial charge >= 0.3 is 5.97 Å². The summed E-state index contributed by atoms with van der Waals surface area (Å²) >= 11 is 0. The Balaban J connectivity index is 2.19. The molecule has 1 aliphatic carbocycles. The van der Waals surface area contributed by atoms with Crippen LogP contribution < -0.4 is 0 Å². The molecule has 0 bridgehead atoms. The van der Waals surface area contributed by atoms with Crippen LogP contribution in [-0.4, -0.2) is 54.8 Å². The van der Waals surface area contributed by atoms with Crippen molar-refractivity contribution in [3.63, 3.8) is 0 Å². The third-order valence-electron chi connectivity index (χ3n) is 4.35. The minimum atomic E-state index is -3.43. The molecule has 0 aromatic rings. The second-order valence-corrected chi connectivity index (χ2v) is 7.72. The minimum absolute atomic E-state index is 0.0939. The van der Waals surface area contributed by atoms with Crippen molar-refractivity contribution >= 4 is 16.0 Å². The van der Waals surface area contributed by atoms with E-state index in [1.54, 1.807) is 6.92 Å². The van der Waals surface area contributed by atoms with Crippen LogP contribution in [0.15, 0.2) is 0 Å². The van der Waals surface area contributed by atoms with Crippen molar-refractivity contribution in [2.45, 2.75) is 50.3 Å². The Morgan fingerprint density at radius 3 is 2.45 bits per heavy atom. The summed E-state index contributed by atoms with van der Waals surface area (Å²) < 4.78 is 32.1. The van der Waals surface area contributed by atoms with Crippen LogP contribution in [0.1, 0.15) is 39.0 Å². The Labute approximate surface area is 120 Å². The van der Waals surface area contributed by atoms with Gasteiger partial charge < -0.3 is 9.84 Å². The molecule has 0 amide bonds. The second-order valence-electron chi connectivity index (χ2n) is 5.56. The largest absolute Gasteiger partial charge is 0.481 e. The Hall–Kier alpha value is -0.660. The van der Waals surface area contributed by atoms with Crippen LogP contribution in [0.5, 0.6) is 0 Å². The summed E-state index contributed by atoms with van der Waals surface area (Å²) in [6.45, 7) is 2.34.